The van der Waals surface area contributed by atoms with Crippen LogP contribution < -0.4 is 11.2 Å². The van der Waals surface area contributed by atoms with Gasteiger partial charge in [0.15, 0.2) is 0 Å². The number of hydrogen-bond donors (Lipinski definition) is 3. The number of aliphatic hydroxyl groups excluding tert-OH is 1. The molecule has 1 aromatic heterocycles. The van der Waals surface area contributed by atoms with E-state index >= 15 is 0 Å². The number of aromatic nitrogens is 2. The van der Waals surface area contributed by atoms with Gasteiger partial charge in [-0.05, 0) is 25.2 Å². The first-order valence-electron chi connectivity index (χ1n) is 8.21. The second-order valence-corrected chi connectivity index (χ2v) is 7.00. The number of nitrogens with zero attached hydrogens (tertiary/aromatic N) is 1. The molecule has 23 heavy (non-hydrogen) atoms. The fraction of sp³-hybridized carbons (Fsp3) is 0.688. The summed E-state index contributed by atoms with van der Waals surface area (Å²) in [6.07, 6.45) is 6.52. The molecule has 126 valence electrons. The first-order chi connectivity index (χ1) is 11.0. The van der Waals surface area contributed by atoms with Gasteiger partial charge in [0.2, 0.25) is 5.91 Å². The summed E-state index contributed by atoms with van der Waals surface area (Å²) < 4.78 is 0. The molecule has 0 radical (unpaired) electrons. The Labute approximate surface area is 133 Å². The van der Waals surface area contributed by atoms with E-state index in [9.17, 15) is 19.5 Å². The van der Waals surface area contributed by atoms with E-state index in [0.29, 0.717) is 19.0 Å². The highest BCUT2D eigenvalue weighted by Gasteiger charge is 2.40. The van der Waals surface area contributed by atoms with Crippen LogP contribution in [0.5, 0.6) is 0 Å². The average molecular weight is 321 g/mol. The van der Waals surface area contributed by atoms with Crippen molar-refractivity contribution >= 4 is 5.91 Å². The number of aromatic amines is 2. The van der Waals surface area contributed by atoms with Crippen LogP contribution in [0.3, 0.4) is 0 Å². The summed E-state index contributed by atoms with van der Waals surface area (Å²) in [6, 6.07) is 0. The Kier molecular flexibility index (Phi) is 4.39. The van der Waals surface area contributed by atoms with Crippen molar-refractivity contribution < 1.29 is 9.90 Å². The lowest BCUT2D eigenvalue weighted by molar-refractivity contribution is -0.135. The molecule has 0 bridgehead atoms. The molecule has 0 aromatic carbocycles. The fourth-order valence-corrected chi connectivity index (χ4v) is 3.56. The maximum atomic E-state index is 12.5. The molecule has 1 saturated carbocycles. The molecule has 1 unspecified atom stereocenters. The first-order valence-corrected chi connectivity index (χ1v) is 8.21. The number of nitrogens with one attached hydrogen (secondary N) is 2. The predicted molar refractivity (Wildman–Crippen MR) is 84.1 cm³/mol. The van der Waals surface area contributed by atoms with Crippen LogP contribution in [0.25, 0.3) is 0 Å². The summed E-state index contributed by atoms with van der Waals surface area (Å²) in [4.78, 5) is 41.5. The summed E-state index contributed by atoms with van der Waals surface area (Å²) in [6.45, 7) is 1.32. The van der Waals surface area contributed by atoms with E-state index < -0.39 is 11.2 Å². The maximum absolute atomic E-state index is 12.5. The van der Waals surface area contributed by atoms with E-state index in [1.54, 1.807) is 4.90 Å². The number of H-pyrrole nitrogens is 2. The van der Waals surface area contributed by atoms with Gasteiger partial charge in [-0.1, -0.05) is 12.8 Å². The molecule has 0 spiro atoms. The average Bonchev–Trinajstić information content (AvgIpc) is 3.34. The Balaban J connectivity index is 1.68. The zero-order chi connectivity index (χ0) is 16.4. The minimum absolute atomic E-state index is 0.0307. The Bertz CT molecular complexity index is 691. The highest BCUT2D eigenvalue weighted by molar-refractivity contribution is 5.78. The fourth-order valence-electron chi connectivity index (χ4n) is 3.56. The van der Waals surface area contributed by atoms with Crippen molar-refractivity contribution in [2.45, 2.75) is 38.5 Å². The van der Waals surface area contributed by atoms with Gasteiger partial charge in [0.1, 0.15) is 0 Å². The molecule has 3 N–H and O–H groups in total. The van der Waals surface area contributed by atoms with Gasteiger partial charge in [-0.2, -0.15) is 0 Å². The Morgan fingerprint density at radius 2 is 2.17 bits per heavy atom. The molecule has 7 heteroatoms. The molecular formula is C16H23N3O4. The van der Waals surface area contributed by atoms with Crippen molar-refractivity contribution in [3.8, 4) is 0 Å². The Hall–Kier alpha value is -1.89. The largest absolute Gasteiger partial charge is 0.396 e. The summed E-state index contributed by atoms with van der Waals surface area (Å²) in [5.41, 5.74) is -1.03. The number of piperidine rings is 1. The van der Waals surface area contributed by atoms with Crippen LogP contribution in [0, 0.1) is 11.3 Å². The Morgan fingerprint density at radius 3 is 2.83 bits per heavy atom. The summed E-state index contributed by atoms with van der Waals surface area (Å²) in [5.74, 6) is 0.565. The first kappa shape index (κ1) is 16.0. The number of aliphatic hydroxyl groups is 1. The third kappa shape index (κ3) is 3.72. The van der Waals surface area contributed by atoms with E-state index in [0.717, 1.165) is 19.3 Å². The van der Waals surface area contributed by atoms with E-state index in [-0.39, 0.29) is 29.9 Å². The lowest BCUT2D eigenvalue weighted by Gasteiger charge is -2.42. The van der Waals surface area contributed by atoms with Crippen LogP contribution in [-0.2, 0) is 11.2 Å². The molecule has 1 aliphatic heterocycles. The molecule has 2 aliphatic rings. The van der Waals surface area contributed by atoms with Crippen molar-refractivity contribution in [3.63, 3.8) is 0 Å². The van der Waals surface area contributed by atoms with Gasteiger partial charge < -0.3 is 15.0 Å². The van der Waals surface area contributed by atoms with Crippen LogP contribution in [0.2, 0.25) is 0 Å². The van der Waals surface area contributed by atoms with Crippen molar-refractivity contribution in [2.24, 2.45) is 11.3 Å². The number of rotatable bonds is 5. The minimum Gasteiger partial charge on any atom is -0.396 e. The van der Waals surface area contributed by atoms with E-state index in [4.69, 9.17) is 0 Å². The van der Waals surface area contributed by atoms with Gasteiger partial charge in [0.25, 0.3) is 5.56 Å². The normalized spacial score (nSPS) is 24.7. The van der Waals surface area contributed by atoms with Crippen molar-refractivity contribution in [3.05, 3.63) is 32.6 Å². The van der Waals surface area contributed by atoms with Gasteiger partial charge in [0.05, 0.1) is 13.0 Å². The molecule has 1 aromatic rings. The van der Waals surface area contributed by atoms with Crippen LogP contribution in [0.4, 0.5) is 0 Å². The maximum Gasteiger partial charge on any atom is 0.325 e. The van der Waals surface area contributed by atoms with Crippen LogP contribution in [0.15, 0.2) is 15.8 Å². The molecule has 3 rings (SSSR count). The molecule has 2 fully saturated rings. The third-order valence-corrected chi connectivity index (χ3v) is 5.01. The number of amides is 1. The molecule has 2 heterocycles. The van der Waals surface area contributed by atoms with Crippen LogP contribution >= 0.6 is 0 Å². The number of carbonyl (C=O) groups excluding carboxylic acids is 1. The highest BCUT2D eigenvalue weighted by atomic mass is 16.3. The number of hydrogen-bond acceptors (Lipinski definition) is 4. The molecular weight excluding hydrogens is 298 g/mol. The molecule has 1 atom stereocenters. The van der Waals surface area contributed by atoms with Crippen molar-refractivity contribution in [2.75, 3.05) is 19.7 Å². The smallest absolute Gasteiger partial charge is 0.325 e. The third-order valence-electron chi connectivity index (χ3n) is 5.01. The monoisotopic (exact) mass is 321 g/mol. The topological polar surface area (TPSA) is 106 Å². The van der Waals surface area contributed by atoms with Crippen molar-refractivity contribution in [1.82, 2.24) is 14.9 Å². The summed E-state index contributed by atoms with van der Waals surface area (Å²) in [7, 11) is 0. The Morgan fingerprint density at radius 1 is 1.39 bits per heavy atom. The van der Waals surface area contributed by atoms with Gasteiger partial charge in [-0.3, -0.25) is 14.6 Å². The molecule has 7 nitrogen and oxygen atoms in total. The SMILES string of the molecule is O=C(Cc1c[nH]c(=O)[nH]c1=O)N1CCCC(CO)(CC2CC2)C1. The lowest BCUT2D eigenvalue weighted by Crippen LogP contribution is -2.49. The molecule has 1 aliphatic carbocycles. The van der Waals surface area contributed by atoms with Gasteiger partial charge in [0, 0.05) is 30.3 Å². The van der Waals surface area contributed by atoms with Crippen molar-refractivity contribution in [1.29, 1.82) is 0 Å². The number of likely N-dealkylation sites (tertiary alicyclic amines) is 1. The van der Waals surface area contributed by atoms with E-state index in [2.05, 4.69) is 9.97 Å². The van der Waals surface area contributed by atoms with Crippen LogP contribution in [0.1, 0.15) is 37.7 Å². The van der Waals surface area contributed by atoms with Gasteiger partial charge in [-0.15, -0.1) is 0 Å². The second-order valence-electron chi connectivity index (χ2n) is 7.00. The van der Waals surface area contributed by atoms with Crippen LogP contribution in [-0.4, -0.2) is 45.6 Å². The quantitative estimate of drug-likeness (QED) is 0.710. The highest BCUT2D eigenvalue weighted by Crippen LogP contribution is 2.44. The van der Waals surface area contributed by atoms with E-state index in [1.165, 1.54) is 19.0 Å². The van der Waals surface area contributed by atoms with E-state index in [1.807, 2.05) is 0 Å². The second kappa shape index (κ2) is 6.31. The lowest BCUT2D eigenvalue weighted by atomic mass is 9.76. The molecule has 1 saturated heterocycles. The minimum atomic E-state index is -0.576. The zero-order valence-electron chi connectivity index (χ0n) is 13.1. The zero-order valence-corrected chi connectivity index (χ0v) is 13.1. The van der Waals surface area contributed by atoms with Gasteiger partial charge in [-0.25, -0.2) is 4.79 Å². The summed E-state index contributed by atoms with van der Waals surface area (Å²) in [5, 5.41) is 9.85. The standard InChI is InChI=1S/C16H23N3O4/c20-10-16(7-11-2-3-11)4-1-5-19(9-16)13(21)6-12-8-17-15(23)18-14(12)22/h8,11,20H,1-7,9-10H2,(H2,17,18,22,23). The van der Waals surface area contributed by atoms with Gasteiger partial charge >= 0.3 is 5.69 Å². The number of carbonyl (C=O) groups is 1. The molecule has 1 amide bonds. The summed E-state index contributed by atoms with van der Waals surface area (Å²) >= 11 is 0. The predicted octanol–water partition coefficient (Wildman–Crippen LogP) is 0.00690.